The number of nitrogens with zero attached hydrogens (tertiary/aromatic N) is 1. The minimum absolute atomic E-state index is 0.805. The van der Waals surface area contributed by atoms with E-state index in [2.05, 4.69) is 24.1 Å². The molecular formula is C15H23NO2. The van der Waals surface area contributed by atoms with Crippen LogP contribution in [0.2, 0.25) is 0 Å². The maximum atomic E-state index is 5.35. The molecule has 0 amide bonds. The molecule has 0 N–H and O–H groups in total. The monoisotopic (exact) mass is 249 g/mol. The van der Waals surface area contributed by atoms with E-state index in [0.717, 1.165) is 23.8 Å². The van der Waals surface area contributed by atoms with Crippen molar-refractivity contribution in [3.8, 4) is 11.5 Å². The van der Waals surface area contributed by atoms with E-state index in [4.69, 9.17) is 9.47 Å². The van der Waals surface area contributed by atoms with Crippen molar-refractivity contribution in [2.75, 3.05) is 34.4 Å². The summed E-state index contributed by atoms with van der Waals surface area (Å²) < 4.78 is 10.6. The lowest BCUT2D eigenvalue weighted by molar-refractivity contribution is 0.219. The highest BCUT2D eigenvalue weighted by atomic mass is 16.5. The van der Waals surface area contributed by atoms with Crippen LogP contribution in [0.3, 0.4) is 0 Å². The third-order valence-electron chi connectivity index (χ3n) is 3.81. The van der Waals surface area contributed by atoms with Gasteiger partial charge in [0, 0.05) is 0 Å². The molecule has 0 radical (unpaired) electrons. The van der Waals surface area contributed by atoms with E-state index >= 15 is 0 Å². The molecule has 100 valence electrons. The molecule has 0 spiro atoms. The molecule has 1 saturated heterocycles. The first-order valence-electron chi connectivity index (χ1n) is 6.62. The van der Waals surface area contributed by atoms with E-state index in [-0.39, 0.29) is 0 Å². The molecule has 2 rings (SSSR count). The number of likely N-dealkylation sites (tertiary alicyclic amines) is 1. The summed E-state index contributed by atoms with van der Waals surface area (Å²) in [6.45, 7) is 2.44. The number of hydrogen-bond acceptors (Lipinski definition) is 3. The summed E-state index contributed by atoms with van der Waals surface area (Å²) in [7, 11) is 5.57. The predicted molar refractivity (Wildman–Crippen MR) is 73.5 cm³/mol. The Labute approximate surface area is 110 Å². The van der Waals surface area contributed by atoms with Crippen LogP contribution in [0.4, 0.5) is 0 Å². The largest absolute Gasteiger partial charge is 0.493 e. The normalized spacial score (nSPS) is 17.7. The number of hydrogen-bond donors (Lipinski definition) is 0. The zero-order chi connectivity index (χ0) is 13.0. The highest BCUT2D eigenvalue weighted by molar-refractivity contribution is 5.43. The Balaban J connectivity index is 2.01. The van der Waals surface area contributed by atoms with Crippen LogP contribution in [0.1, 0.15) is 18.4 Å². The first kappa shape index (κ1) is 13.2. The predicted octanol–water partition coefficient (Wildman–Crippen LogP) is 2.59. The highest BCUT2D eigenvalue weighted by Crippen LogP contribution is 2.30. The fraction of sp³-hybridized carbons (Fsp3) is 0.600. The van der Waals surface area contributed by atoms with E-state index in [1.165, 1.54) is 31.5 Å². The molecule has 0 atom stereocenters. The Kier molecular flexibility index (Phi) is 4.48. The van der Waals surface area contributed by atoms with Gasteiger partial charge in [-0.3, -0.25) is 0 Å². The molecular weight excluding hydrogens is 226 g/mol. The average molecular weight is 249 g/mol. The first-order valence-corrected chi connectivity index (χ1v) is 6.62. The van der Waals surface area contributed by atoms with Gasteiger partial charge in [-0.1, -0.05) is 6.07 Å². The molecule has 1 heterocycles. The molecule has 1 aliphatic rings. The summed E-state index contributed by atoms with van der Waals surface area (Å²) in [5.41, 5.74) is 1.35. The number of benzene rings is 1. The van der Waals surface area contributed by atoms with Gasteiger partial charge < -0.3 is 14.4 Å². The van der Waals surface area contributed by atoms with Gasteiger partial charge in [-0.15, -0.1) is 0 Å². The molecule has 1 aliphatic heterocycles. The quantitative estimate of drug-likeness (QED) is 0.818. The topological polar surface area (TPSA) is 21.7 Å². The van der Waals surface area contributed by atoms with Crippen LogP contribution in [-0.4, -0.2) is 39.3 Å². The highest BCUT2D eigenvalue weighted by Gasteiger charge is 2.17. The Bertz CT molecular complexity index is 384. The number of ether oxygens (including phenoxy) is 2. The molecule has 0 aliphatic carbocycles. The maximum absolute atomic E-state index is 5.35. The Morgan fingerprint density at radius 3 is 2.39 bits per heavy atom. The Morgan fingerprint density at radius 2 is 1.78 bits per heavy atom. The Morgan fingerprint density at radius 1 is 1.11 bits per heavy atom. The zero-order valence-electron chi connectivity index (χ0n) is 11.6. The standard InChI is InChI=1S/C15H23NO2/c1-16-8-6-12(7-9-16)10-13-4-5-14(17-2)15(11-13)18-3/h4-5,11-12H,6-10H2,1-3H3. The van der Waals surface area contributed by atoms with Crippen LogP contribution >= 0.6 is 0 Å². The molecule has 0 unspecified atom stereocenters. The molecule has 1 aromatic rings. The molecule has 1 fully saturated rings. The summed E-state index contributed by atoms with van der Waals surface area (Å²) in [5.74, 6) is 2.45. The second kappa shape index (κ2) is 6.10. The number of rotatable bonds is 4. The second-order valence-electron chi connectivity index (χ2n) is 5.14. The van der Waals surface area contributed by atoms with Gasteiger partial charge in [0.15, 0.2) is 11.5 Å². The third kappa shape index (κ3) is 3.16. The lowest BCUT2D eigenvalue weighted by atomic mass is 9.90. The molecule has 1 aromatic carbocycles. The van der Waals surface area contributed by atoms with Crippen molar-refractivity contribution in [3.63, 3.8) is 0 Å². The van der Waals surface area contributed by atoms with E-state index in [1.54, 1.807) is 14.2 Å². The van der Waals surface area contributed by atoms with Gasteiger partial charge >= 0.3 is 0 Å². The van der Waals surface area contributed by atoms with E-state index in [9.17, 15) is 0 Å². The summed E-state index contributed by atoms with van der Waals surface area (Å²) in [6, 6.07) is 6.26. The molecule has 0 saturated carbocycles. The van der Waals surface area contributed by atoms with Gasteiger partial charge in [-0.05, 0) is 63.0 Å². The number of piperidine rings is 1. The fourth-order valence-electron chi connectivity index (χ4n) is 2.61. The summed E-state index contributed by atoms with van der Waals surface area (Å²) in [6.07, 6.45) is 3.74. The van der Waals surface area contributed by atoms with Gasteiger partial charge in [-0.2, -0.15) is 0 Å². The van der Waals surface area contributed by atoms with Crippen LogP contribution < -0.4 is 9.47 Å². The van der Waals surface area contributed by atoms with Gasteiger partial charge in [0.05, 0.1) is 14.2 Å². The fourth-order valence-corrected chi connectivity index (χ4v) is 2.61. The van der Waals surface area contributed by atoms with Crippen molar-refractivity contribution in [3.05, 3.63) is 23.8 Å². The molecule has 3 heteroatoms. The van der Waals surface area contributed by atoms with Crippen LogP contribution in [0.25, 0.3) is 0 Å². The van der Waals surface area contributed by atoms with Crippen molar-refractivity contribution in [1.82, 2.24) is 4.90 Å². The van der Waals surface area contributed by atoms with Crippen molar-refractivity contribution in [2.24, 2.45) is 5.92 Å². The zero-order valence-corrected chi connectivity index (χ0v) is 11.6. The van der Waals surface area contributed by atoms with Gasteiger partial charge in [0.2, 0.25) is 0 Å². The van der Waals surface area contributed by atoms with Crippen molar-refractivity contribution in [1.29, 1.82) is 0 Å². The smallest absolute Gasteiger partial charge is 0.160 e. The SMILES string of the molecule is COc1ccc(CC2CCN(C)CC2)cc1OC. The van der Waals surface area contributed by atoms with Crippen LogP contribution in [-0.2, 0) is 6.42 Å². The molecule has 18 heavy (non-hydrogen) atoms. The minimum Gasteiger partial charge on any atom is -0.493 e. The van der Waals surface area contributed by atoms with Gasteiger partial charge in [0.1, 0.15) is 0 Å². The van der Waals surface area contributed by atoms with Crippen molar-refractivity contribution in [2.45, 2.75) is 19.3 Å². The maximum Gasteiger partial charge on any atom is 0.160 e. The average Bonchev–Trinajstić information content (AvgIpc) is 2.41. The molecule has 0 aromatic heterocycles. The second-order valence-corrected chi connectivity index (χ2v) is 5.14. The summed E-state index contributed by atoms with van der Waals surface area (Å²) in [5, 5.41) is 0. The Hall–Kier alpha value is -1.22. The molecule has 0 bridgehead atoms. The summed E-state index contributed by atoms with van der Waals surface area (Å²) >= 11 is 0. The van der Waals surface area contributed by atoms with Crippen LogP contribution in [0, 0.1) is 5.92 Å². The first-order chi connectivity index (χ1) is 8.72. The minimum atomic E-state index is 0.805. The van der Waals surface area contributed by atoms with E-state index < -0.39 is 0 Å². The van der Waals surface area contributed by atoms with Gasteiger partial charge in [-0.25, -0.2) is 0 Å². The lowest BCUT2D eigenvalue weighted by Gasteiger charge is -2.29. The third-order valence-corrected chi connectivity index (χ3v) is 3.81. The van der Waals surface area contributed by atoms with E-state index in [1.807, 2.05) is 6.07 Å². The molecule has 3 nitrogen and oxygen atoms in total. The van der Waals surface area contributed by atoms with Crippen LogP contribution in [0.15, 0.2) is 18.2 Å². The summed E-state index contributed by atoms with van der Waals surface area (Å²) in [4.78, 5) is 2.41. The van der Waals surface area contributed by atoms with Gasteiger partial charge in [0.25, 0.3) is 0 Å². The van der Waals surface area contributed by atoms with Crippen molar-refractivity contribution < 1.29 is 9.47 Å². The van der Waals surface area contributed by atoms with E-state index in [0.29, 0.717) is 0 Å². The lowest BCUT2D eigenvalue weighted by Crippen LogP contribution is -2.30. The van der Waals surface area contributed by atoms with Crippen LogP contribution in [0.5, 0.6) is 11.5 Å². The number of methoxy groups -OCH3 is 2. The van der Waals surface area contributed by atoms with Crippen molar-refractivity contribution >= 4 is 0 Å².